The third kappa shape index (κ3) is 3.12. The SMILES string of the molecule is CC1CCNC(C(=O)N(C)C(C)c2ccccc2O)C1. The lowest BCUT2D eigenvalue weighted by Gasteiger charge is -2.33. The number of amides is 1. The summed E-state index contributed by atoms with van der Waals surface area (Å²) >= 11 is 0. The van der Waals surface area contributed by atoms with Gasteiger partial charge in [0.15, 0.2) is 0 Å². The zero-order valence-electron chi connectivity index (χ0n) is 12.5. The number of para-hydroxylation sites is 1. The number of hydrogen-bond donors (Lipinski definition) is 2. The van der Waals surface area contributed by atoms with E-state index in [1.807, 2.05) is 19.1 Å². The van der Waals surface area contributed by atoms with Gasteiger partial charge in [0.1, 0.15) is 5.75 Å². The standard InChI is InChI=1S/C16H24N2O2/c1-11-8-9-17-14(10-11)16(20)18(3)12(2)13-6-4-5-7-15(13)19/h4-7,11-12,14,17,19H,8-10H2,1-3H3. The molecular weight excluding hydrogens is 252 g/mol. The van der Waals surface area contributed by atoms with Crippen LogP contribution in [0.1, 0.15) is 38.3 Å². The Bertz CT molecular complexity index is 475. The molecule has 1 heterocycles. The third-order valence-corrected chi connectivity index (χ3v) is 4.28. The summed E-state index contributed by atoms with van der Waals surface area (Å²) in [6.45, 7) is 5.03. The van der Waals surface area contributed by atoms with Crippen molar-refractivity contribution in [2.75, 3.05) is 13.6 Å². The van der Waals surface area contributed by atoms with Gasteiger partial charge in [0, 0.05) is 12.6 Å². The van der Waals surface area contributed by atoms with Crippen molar-refractivity contribution in [1.82, 2.24) is 10.2 Å². The zero-order chi connectivity index (χ0) is 14.7. The Morgan fingerprint density at radius 1 is 1.45 bits per heavy atom. The van der Waals surface area contributed by atoms with E-state index in [-0.39, 0.29) is 23.7 Å². The summed E-state index contributed by atoms with van der Waals surface area (Å²) < 4.78 is 0. The molecule has 1 saturated heterocycles. The van der Waals surface area contributed by atoms with Crippen LogP contribution in [0.2, 0.25) is 0 Å². The number of benzene rings is 1. The molecule has 0 spiro atoms. The zero-order valence-corrected chi connectivity index (χ0v) is 12.5. The number of phenolic OH excluding ortho intramolecular Hbond substituents is 1. The largest absolute Gasteiger partial charge is 0.508 e. The monoisotopic (exact) mass is 276 g/mol. The van der Waals surface area contributed by atoms with Crippen molar-refractivity contribution in [3.63, 3.8) is 0 Å². The van der Waals surface area contributed by atoms with Crippen LogP contribution in [0.3, 0.4) is 0 Å². The number of phenols is 1. The first kappa shape index (κ1) is 14.9. The molecule has 1 aromatic rings. The maximum Gasteiger partial charge on any atom is 0.239 e. The van der Waals surface area contributed by atoms with Gasteiger partial charge < -0.3 is 15.3 Å². The highest BCUT2D eigenvalue weighted by Crippen LogP contribution is 2.28. The first-order valence-corrected chi connectivity index (χ1v) is 7.28. The van der Waals surface area contributed by atoms with E-state index in [4.69, 9.17) is 0 Å². The highest BCUT2D eigenvalue weighted by molar-refractivity contribution is 5.82. The summed E-state index contributed by atoms with van der Waals surface area (Å²) in [4.78, 5) is 14.3. The van der Waals surface area contributed by atoms with E-state index < -0.39 is 0 Å². The Morgan fingerprint density at radius 3 is 2.80 bits per heavy atom. The Morgan fingerprint density at radius 2 is 2.15 bits per heavy atom. The summed E-state index contributed by atoms with van der Waals surface area (Å²) in [6.07, 6.45) is 2.01. The predicted molar refractivity (Wildman–Crippen MR) is 79.5 cm³/mol. The van der Waals surface area contributed by atoms with Gasteiger partial charge in [-0.1, -0.05) is 25.1 Å². The van der Waals surface area contributed by atoms with Gasteiger partial charge in [0.2, 0.25) is 5.91 Å². The van der Waals surface area contributed by atoms with Crippen molar-refractivity contribution in [2.45, 2.75) is 38.8 Å². The van der Waals surface area contributed by atoms with E-state index in [9.17, 15) is 9.90 Å². The summed E-state index contributed by atoms with van der Waals surface area (Å²) in [6, 6.07) is 6.95. The van der Waals surface area contributed by atoms with Crippen LogP contribution in [-0.2, 0) is 4.79 Å². The van der Waals surface area contributed by atoms with Crippen molar-refractivity contribution >= 4 is 5.91 Å². The van der Waals surface area contributed by atoms with Crippen molar-refractivity contribution < 1.29 is 9.90 Å². The number of carbonyl (C=O) groups excluding carboxylic acids is 1. The molecule has 1 aliphatic rings. The first-order chi connectivity index (χ1) is 9.50. The second-order valence-corrected chi connectivity index (χ2v) is 5.82. The van der Waals surface area contributed by atoms with Crippen LogP contribution in [0.15, 0.2) is 24.3 Å². The van der Waals surface area contributed by atoms with Gasteiger partial charge in [0.25, 0.3) is 0 Å². The maximum atomic E-state index is 12.6. The van der Waals surface area contributed by atoms with Gasteiger partial charge in [-0.05, 0) is 38.3 Å². The number of piperidine rings is 1. The van der Waals surface area contributed by atoms with E-state index in [1.165, 1.54) is 0 Å². The molecule has 4 nitrogen and oxygen atoms in total. The molecule has 0 radical (unpaired) electrons. The van der Waals surface area contributed by atoms with Crippen molar-refractivity contribution in [3.8, 4) is 5.75 Å². The van der Waals surface area contributed by atoms with Crippen LogP contribution in [0.4, 0.5) is 0 Å². The highest BCUT2D eigenvalue weighted by atomic mass is 16.3. The van der Waals surface area contributed by atoms with Crippen LogP contribution in [-0.4, -0.2) is 35.5 Å². The van der Waals surface area contributed by atoms with Gasteiger partial charge in [0.05, 0.1) is 12.1 Å². The lowest BCUT2D eigenvalue weighted by Crippen LogP contribution is -2.49. The van der Waals surface area contributed by atoms with E-state index in [0.29, 0.717) is 5.92 Å². The van der Waals surface area contributed by atoms with E-state index in [0.717, 1.165) is 24.9 Å². The summed E-state index contributed by atoms with van der Waals surface area (Å²) in [5.41, 5.74) is 0.784. The lowest BCUT2D eigenvalue weighted by molar-refractivity contribution is -0.135. The van der Waals surface area contributed by atoms with Crippen LogP contribution in [0, 0.1) is 5.92 Å². The molecule has 0 saturated carbocycles. The van der Waals surface area contributed by atoms with Crippen LogP contribution in [0.25, 0.3) is 0 Å². The Labute approximate surface area is 120 Å². The average Bonchev–Trinajstić information content (AvgIpc) is 2.45. The smallest absolute Gasteiger partial charge is 0.239 e. The molecule has 1 aliphatic heterocycles. The third-order valence-electron chi connectivity index (χ3n) is 4.28. The molecule has 0 aromatic heterocycles. The molecule has 2 N–H and O–H groups in total. The fraction of sp³-hybridized carbons (Fsp3) is 0.562. The maximum absolute atomic E-state index is 12.6. The molecular formula is C16H24N2O2. The van der Waals surface area contributed by atoms with Crippen LogP contribution in [0.5, 0.6) is 5.75 Å². The number of carbonyl (C=O) groups is 1. The van der Waals surface area contributed by atoms with Gasteiger partial charge >= 0.3 is 0 Å². The summed E-state index contributed by atoms with van der Waals surface area (Å²) in [5.74, 6) is 0.927. The van der Waals surface area contributed by atoms with E-state index >= 15 is 0 Å². The second kappa shape index (κ2) is 6.27. The van der Waals surface area contributed by atoms with E-state index in [1.54, 1.807) is 24.1 Å². The van der Waals surface area contributed by atoms with Gasteiger partial charge in [-0.3, -0.25) is 4.79 Å². The fourth-order valence-electron chi connectivity index (χ4n) is 2.78. The molecule has 1 aromatic carbocycles. The Balaban J connectivity index is 2.08. The summed E-state index contributed by atoms with van der Waals surface area (Å²) in [5, 5.41) is 13.2. The van der Waals surface area contributed by atoms with E-state index in [2.05, 4.69) is 12.2 Å². The van der Waals surface area contributed by atoms with Gasteiger partial charge in [-0.2, -0.15) is 0 Å². The summed E-state index contributed by atoms with van der Waals surface area (Å²) in [7, 11) is 1.81. The number of nitrogens with one attached hydrogen (secondary N) is 1. The quantitative estimate of drug-likeness (QED) is 0.890. The fourth-order valence-corrected chi connectivity index (χ4v) is 2.78. The second-order valence-electron chi connectivity index (χ2n) is 5.82. The molecule has 3 unspecified atom stereocenters. The van der Waals surface area contributed by atoms with Gasteiger partial charge in [-0.15, -0.1) is 0 Å². The minimum atomic E-state index is -0.136. The van der Waals surface area contributed by atoms with Crippen molar-refractivity contribution in [3.05, 3.63) is 29.8 Å². The minimum absolute atomic E-state index is 0.0999. The molecule has 1 fully saturated rings. The number of nitrogens with zero attached hydrogens (tertiary/aromatic N) is 1. The van der Waals surface area contributed by atoms with Gasteiger partial charge in [-0.25, -0.2) is 0 Å². The Hall–Kier alpha value is -1.55. The first-order valence-electron chi connectivity index (χ1n) is 7.28. The predicted octanol–water partition coefficient (Wildman–Crippen LogP) is 2.30. The van der Waals surface area contributed by atoms with Crippen molar-refractivity contribution in [1.29, 1.82) is 0 Å². The Kier molecular flexibility index (Phi) is 4.65. The minimum Gasteiger partial charge on any atom is -0.508 e. The number of likely N-dealkylation sites (N-methyl/N-ethyl adjacent to an activating group) is 1. The highest BCUT2D eigenvalue weighted by Gasteiger charge is 2.29. The van der Waals surface area contributed by atoms with Crippen LogP contribution < -0.4 is 5.32 Å². The molecule has 110 valence electrons. The number of hydrogen-bond acceptors (Lipinski definition) is 3. The molecule has 2 rings (SSSR count). The molecule has 1 amide bonds. The topological polar surface area (TPSA) is 52.6 Å². The molecule has 20 heavy (non-hydrogen) atoms. The molecule has 3 atom stereocenters. The average molecular weight is 276 g/mol. The molecule has 0 bridgehead atoms. The number of rotatable bonds is 3. The molecule has 0 aliphatic carbocycles. The van der Waals surface area contributed by atoms with Crippen molar-refractivity contribution in [2.24, 2.45) is 5.92 Å². The number of aromatic hydroxyl groups is 1. The van der Waals surface area contributed by atoms with Crippen LogP contribution >= 0.6 is 0 Å². The lowest BCUT2D eigenvalue weighted by atomic mass is 9.93. The normalized spacial score (nSPS) is 24.1. The molecule has 4 heteroatoms.